The first-order valence-electron chi connectivity index (χ1n) is 4.21. The molecule has 2 amide bonds. The minimum atomic E-state index is -0.359. The summed E-state index contributed by atoms with van der Waals surface area (Å²) < 4.78 is 0. The average Bonchev–Trinajstić information content (AvgIpc) is 2.42. The normalized spacial score (nSPS) is 13.4. The third-order valence-corrected chi connectivity index (χ3v) is 2.01. The van der Waals surface area contributed by atoms with Crippen molar-refractivity contribution in [3.63, 3.8) is 0 Å². The molecule has 14 heavy (non-hydrogen) atoms. The van der Waals surface area contributed by atoms with Crippen LogP contribution in [0.1, 0.15) is 5.56 Å². The van der Waals surface area contributed by atoms with Crippen LogP contribution in [-0.2, 0) is 16.0 Å². The quantitative estimate of drug-likeness (QED) is 0.691. The highest BCUT2D eigenvalue weighted by atomic mass is 16.2. The molecule has 71 valence electrons. The first kappa shape index (κ1) is 8.74. The maximum atomic E-state index is 11.0. The summed E-state index contributed by atoms with van der Waals surface area (Å²) in [6, 6.07) is 5.27. The molecule has 4 heteroatoms. The molecule has 1 aliphatic heterocycles. The van der Waals surface area contributed by atoms with Gasteiger partial charge in [-0.2, -0.15) is 0 Å². The van der Waals surface area contributed by atoms with Gasteiger partial charge in [0.15, 0.2) is 0 Å². The lowest BCUT2D eigenvalue weighted by Crippen LogP contribution is -2.06. The number of rotatable bonds is 1. The Balaban J connectivity index is 2.28. The van der Waals surface area contributed by atoms with Gasteiger partial charge in [-0.3, -0.25) is 9.59 Å². The minimum Gasteiger partial charge on any atom is -0.326 e. The molecule has 1 aliphatic rings. The van der Waals surface area contributed by atoms with Crippen LogP contribution in [0.3, 0.4) is 0 Å². The molecule has 1 aromatic rings. The van der Waals surface area contributed by atoms with Crippen molar-refractivity contribution in [3.8, 4) is 0 Å². The summed E-state index contributed by atoms with van der Waals surface area (Å²) in [5, 5.41) is 5.27. The van der Waals surface area contributed by atoms with Gasteiger partial charge in [-0.25, -0.2) is 0 Å². The zero-order valence-electron chi connectivity index (χ0n) is 7.46. The van der Waals surface area contributed by atoms with Crippen LogP contribution < -0.4 is 10.6 Å². The van der Waals surface area contributed by atoms with Crippen LogP contribution in [0.25, 0.3) is 0 Å². The number of hydrogen-bond acceptors (Lipinski definition) is 2. The Morgan fingerprint density at radius 3 is 3.00 bits per heavy atom. The van der Waals surface area contributed by atoms with E-state index < -0.39 is 0 Å². The largest absolute Gasteiger partial charge is 0.326 e. The van der Waals surface area contributed by atoms with Crippen LogP contribution in [0, 0.1) is 6.92 Å². The molecule has 1 heterocycles. The van der Waals surface area contributed by atoms with E-state index in [0.717, 1.165) is 11.3 Å². The third-order valence-electron chi connectivity index (χ3n) is 2.01. The van der Waals surface area contributed by atoms with Gasteiger partial charge in [0.2, 0.25) is 11.8 Å². The zero-order valence-corrected chi connectivity index (χ0v) is 7.46. The maximum Gasteiger partial charge on any atom is 0.228 e. The van der Waals surface area contributed by atoms with Gasteiger partial charge >= 0.3 is 0 Å². The van der Waals surface area contributed by atoms with Gasteiger partial charge in [-0.1, -0.05) is 0 Å². The molecule has 0 spiro atoms. The van der Waals surface area contributed by atoms with Crippen molar-refractivity contribution in [2.45, 2.75) is 6.42 Å². The molecule has 0 atom stereocenters. The molecular weight excluding hydrogens is 180 g/mol. The fourth-order valence-corrected chi connectivity index (χ4v) is 1.47. The van der Waals surface area contributed by atoms with E-state index >= 15 is 0 Å². The van der Waals surface area contributed by atoms with E-state index in [1.54, 1.807) is 18.2 Å². The van der Waals surface area contributed by atoms with Crippen molar-refractivity contribution in [3.05, 3.63) is 30.7 Å². The number of nitrogens with one attached hydrogen (secondary N) is 2. The highest BCUT2D eigenvalue weighted by Gasteiger charge is 2.17. The van der Waals surface area contributed by atoms with Crippen LogP contribution in [0.4, 0.5) is 11.4 Å². The molecule has 1 aromatic carbocycles. The van der Waals surface area contributed by atoms with Gasteiger partial charge in [0.1, 0.15) is 0 Å². The van der Waals surface area contributed by atoms with Crippen molar-refractivity contribution in [1.82, 2.24) is 0 Å². The second-order valence-electron chi connectivity index (χ2n) is 3.15. The highest BCUT2D eigenvalue weighted by molar-refractivity contribution is 6.00. The lowest BCUT2D eigenvalue weighted by atomic mass is 10.1. The van der Waals surface area contributed by atoms with Crippen LogP contribution in [0.5, 0.6) is 0 Å². The Morgan fingerprint density at radius 2 is 2.29 bits per heavy atom. The smallest absolute Gasteiger partial charge is 0.228 e. The monoisotopic (exact) mass is 189 g/mol. The van der Waals surface area contributed by atoms with Gasteiger partial charge in [0, 0.05) is 18.3 Å². The summed E-state index contributed by atoms with van der Waals surface area (Å²) in [4.78, 5) is 21.7. The SMILES string of the molecule is [CH2]C(=O)Nc1ccc2c(c1)CC(=O)N2. The molecule has 0 saturated carbocycles. The number of hydrogen-bond donors (Lipinski definition) is 2. The van der Waals surface area contributed by atoms with E-state index in [9.17, 15) is 9.59 Å². The number of anilines is 2. The lowest BCUT2D eigenvalue weighted by Gasteiger charge is -2.03. The van der Waals surface area contributed by atoms with Crippen LogP contribution in [-0.4, -0.2) is 11.8 Å². The molecule has 0 aliphatic carbocycles. The maximum absolute atomic E-state index is 11.0. The van der Waals surface area contributed by atoms with E-state index in [-0.39, 0.29) is 11.8 Å². The van der Waals surface area contributed by atoms with Gasteiger partial charge in [0.05, 0.1) is 6.42 Å². The molecule has 0 bridgehead atoms. The van der Waals surface area contributed by atoms with E-state index in [1.165, 1.54) is 0 Å². The fraction of sp³-hybridized carbons (Fsp3) is 0.100. The standard InChI is InChI=1S/C10H9N2O2/c1-6(13)11-8-2-3-9-7(4-8)5-10(14)12-9/h2-4H,1,5H2,(H,11,13)(H,12,14). The van der Waals surface area contributed by atoms with Crippen molar-refractivity contribution in [2.24, 2.45) is 0 Å². The molecule has 0 saturated heterocycles. The average molecular weight is 189 g/mol. The minimum absolute atomic E-state index is 0.0156. The second-order valence-corrected chi connectivity index (χ2v) is 3.15. The fourth-order valence-electron chi connectivity index (χ4n) is 1.47. The number of amides is 2. The van der Waals surface area contributed by atoms with E-state index in [2.05, 4.69) is 17.6 Å². The predicted molar refractivity (Wildman–Crippen MR) is 52.8 cm³/mol. The first-order valence-corrected chi connectivity index (χ1v) is 4.21. The van der Waals surface area contributed by atoms with Crippen molar-refractivity contribution >= 4 is 23.2 Å². The van der Waals surface area contributed by atoms with E-state index in [0.29, 0.717) is 12.1 Å². The van der Waals surface area contributed by atoms with E-state index in [1.807, 2.05) is 0 Å². The molecule has 2 rings (SSSR count). The van der Waals surface area contributed by atoms with Gasteiger partial charge in [-0.15, -0.1) is 0 Å². The highest BCUT2D eigenvalue weighted by Crippen LogP contribution is 2.25. The Morgan fingerprint density at radius 1 is 1.50 bits per heavy atom. The van der Waals surface area contributed by atoms with Crippen LogP contribution >= 0.6 is 0 Å². The van der Waals surface area contributed by atoms with Crippen molar-refractivity contribution in [1.29, 1.82) is 0 Å². The molecule has 0 fully saturated rings. The lowest BCUT2D eigenvalue weighted by molar-refractivity contribution is -0.115. The van der Waals surface area contributed by atoms with Crippen molar-refractivity contribution in [2.75, 3.05) is 10.6 Å². The first-order chi connectivity index (χ1) is 6.65. The molecular formula is C10H9N2O2. The Labute approximate surface area is 81.3 Å². The summed E-state index contributed by atoms with van der Waals surface area (Å²) in [6.45, 7) is 3.21. The summed E-state index contributed by atoms with van der Waals surface area (Å²) >= 11 is 0. The molecule has 0 aromatic heterocycles. The molecule has 1 radical (unpaired) electrons. The Bertz CT molecular complexity index is 413. The topological polar surface area (TPSA) is 58.2 Å². The Kier molecular flexibility index (Phi) is 1.96. The number of carbonyl (C=O) groups is 2. The van der Waals surface area contributed by atoms with Gasteiger partial charge in [-0.05, 0) is 23.8 Å². The molecule has 0 unspecified atom stereocenters. The summed E-state index contributed by atoms with van der Waals surface area (Å²) in [5.41, 5.74) is 2.39. The number of carbonyl (C=O) groups excluding carboxylic acids is 2. The van der Waals surface area contributed by atoms with Crippen LogP contribution in [0.15, 0.2) is 18.2 Å². The second kappa shape index (κ2) is 3.14. The summed E-state index contributed by atoms with van der Waals surface area (Å²) in [6.07, 6.45) is 0.371. The molecule has 2 N–H and O–H groups in total. The van der Waals surface area contributed by atoms with Crippen molar-refractivity contribution < 1.29 is 9.59 Å². The number of benzene rings is 1. The summed E-state index contributed by atoms with van der Waals surface area (Å²) in [7, 11) is 0. The Hall–Kier alpha value is -1.84. The summed E-state index contributed by atoms with van der Waals surface area (Å²) in [5.74, 6) is -0.375. The predicted octanol–water partition coefficient (Wildman–Crippen LogP) is 0.954. The molecule has 4 nitrogen and oxygen atoms in total. The van der Waals surface area contributed by atoms with Gasteiger partial charge in [0.25, 0.3) is 0 Å². The zero-order chi connectivity index (χ0) is 10.1. The third kappa shape index (κ3) is 1.59. The number of fused-ring (bicyclic) bond motifs is 1. The van der Waals surface area contributed by atoms with Gasteiger partial charge < -0.3 is 10.6 Å². The van der Waals surface area contributed by atoms with Crippen LogP contribution in [0.2, 0.25) is 0 Å². The van der Waals surface area contributed by atoms with E-state index in [4.69, 9.17) is 0 Å².